The first-order valence-corrected chi connectivity index (χ1v) is 7.98. The Morgan fingerprint density at radius 2 is 1.95 bits per heavy atom. The first-order valence-electron chi connectivity index (χ1n) is 5.73. The van der Waals surface area contributed by atoms with Crippen LogP contribution in [-0.2, 0) is 6.42 Å². The fourth-order valence-corrected chi connectivity index (χ4v) is 3.17. The molecule has 0 bridgehead atoms. The van der Waals surface area contributed by atoms with E-state index < -0.39 is 17.7 Å². The average Bonchev–Trinajstić information content (AvgIpc) is 2.41. The van der Waals surface area contributed by atoms with Gasteiger partial charge < -0.3 is 5.73 Å². The summed E-state index contributed by atoms with van der Waals surface area (Å²) in [5.74, 6) is -1.21. The summed E-state index contributed by atoms with van der Waals surface area (Å²) in [6.45, 7) is 0. The zero-order chi connectivity index (χ0) is 14.9. The van der Waals surface area contributed by atoms with Crippen LogP contribution in [0.25, 0.3) is 0 Å². The molecule has 2 aromatic carbocycles. The van der Waals surface area contributed by atoms with Crippen LogP contribution in [0.15, 0.2) is 34.8 Å². The Balaban J connectivity index is 2.35. The molecule has 0 amide bonds. The lowest BCUT2D eigenvalue weighted by molar-refractivity contribution is 0.535. The van der Waals surface area contributed by atoms with Gasteiger partial charge in [0.1, 0.15) is 11.6 Å². The quantitative estimate of drug-likeness (QED) is 0.481. The number of rotatable bonds is 3. The van der Waals surface area contributed by atoms with Crippen molar-refractivity contribution in [2.24, 2.45) is 5.73 Å². The molecule has 0 saturated heterocycles. The molecule has 2 rings (SSSR count). The van der Waals surface area contributed by atoms with Gasteiger partial charge in [-0.2, -0.15) is 0 Å². The van der Waals surface area contributed by atoms with Crippen LogP contribution >= 0.6 is 50.1 Å². The molecule has 0 aliphatic carbocycles. The second kappa shape index (κ2) is 6.68. The van der Waals surface area contributed by atoms with Gasteiger partial charge in [0.05, 0.1) is 4.47 Å². The van der Waals surface area contributed by atoms with Crippen LogP contribution in [0.2, 0.25) is 5.02 Å². The van der Waals surface area contributed by atoms with Crippen molar-refractivity contribution in [1.82, 2.24) is 0 Å². The highest BCUT2D eigenvalue weighted by Gasteiger charge is 2.18. The van der Waals surface area contributed by atoms with E-state index in [1.165, 1.54) is 12.1 Å². The van der Waals surface area contributed by atoms with E-state index in [0.29, 0.717) is 5.02 Å². The first kappa shape index (κ1) is 16.1. The normalized spacial score (nSPS) is 12.5. The molecule has 1 atom stereocenters. The van der Waals surface area contributed by atoms with Gasteiger partial charge >= 0.3 is 0 Å². The maximum absolute atomic E-state index is 13.9. The van der Waals surface area contributed by atoms with Gasteiger partial charge in [-0.15, -0.1) is 0 Å². The Bertz CT molecular complexity index is 651. The molecule has 0 aliphatic rings. The minimum Gasteiger partial charge on any atom is -0.324 e. The van der Waals surface area contributed by atoms with E-state index in [1.807, 2.05) is 6.07 Å². The Morgan fingerprint density at radius 3 is 2.65 bits per heavy atom. The predicted octanol–water partition coefficient (Wildman–Crippen LogP) is 5.23. The van der Waals surface area contributed by atoms with Gasteiger partial charge in [0.25, 0.3) is 0 Å². The van der Waals surface area contributed by atoms with Gasteiger partial charge in [-0.1, -0.05) is 11.6 Å². The van der Waals surface area contributed by atoms with E-state index in [-0.39, 0.29) is 16.5 Å². The van der Waals surface area contributed by atoms with Crippen molar-refractivity contribution in [2.45, 2.75) is 12.5 Å². The largest absolute Gasteiger partial charge is 0.324 e. The molecule has 0 spiro atoms. The number of hydrogen-bond acceptors (Lipinski definition) is 1. The SMILES string of the molecule is NC(Cc1c(F)ccc(Br)c1F)c1cc(Cl)ccc1I. The molecule has 6 heteroatoms. The van der Waals surface area contributed by atoms with E-state index in [4.69, 9.17) is 17.3 Å². The first-order chi connectivity index (χ1) is 9.40. The second-order valence-electron chi connectivity index (χ2n) is 4.30. The summed E-state index contributed by atoms with van der Waals surface area (Å²) in [5, 5.41) is 0.547. The van der Waals surface area contributed by atoms with E-state index >= 15 is 0 Å². The van der Waals surface area contributed by atoms with Crippen LogP contribution < -0.4 is 5.73 Å². The van der Waals surface area contributed by atoms with Crippen molar-refractivity contribution < 1.29 is 8.78 Å². The van der Waals surface area contributed by atoms with Crippen LogP contribution in [0.3, 0.4) is 0 Å². The Hall–Kier alpha value is -0.240. The van der Waals surface area contributed by atoms with Crippen LogP contribution in [0, 0.1) is 15.2 Å². The van der Waals surface area contributed by atoms with Crippen LogP contribution in [-0.4, -0.2) is 0 Å². The van der Waals surface area contributed by atoms with Gasteiger partial charge in [-0.05, 0) is 80.8 Å². The lowest BCUT2D eigenvalue weighted by Gasteiger charge is -2.16. The molecule has 20 heavy (non-hydrogen) atoms. The number of nitrogens with two attached hydrogens (primary N) is 1. The molecule has 2 N–H and O–H groups in total. The van der Waals surface area contributed by atoms with Gasteiger partial charge in [0, 0.05) is 20.2 Å². The summed E-state index contributed by atoms with van der Waals surface area (Å²) >= 11 is 11.1. The maximum atomic E-state index is 13.9. The van der Waals surface area contributed by atoms with Crippen molar-refractivity contribution in [1.29, 1.82) is 0 Å². The third-order valence-corrected chi connectivity index (χ3v) is 4.75. The minimum absolute atomic E-state index is 0.0253. The van der Waals surface area contributed by atoms with Gasteiger partial charge in [0.15, 0.2) is 0 Å². The second-order valence-corrected chi connectivity index (χ2v) is 6.75. The third-order valence-electron chi connectivity index (χ3n) is 2.92. The predicted molar refractivity (Wildman–Crippen MR) is 88.9 cm³/mol. The molecule has 2 aromatic rings. The summed E-state index contributed by atoms with van der Waals surface area (Å²) < 4.78 is 28.8. The lowest BCUT2D eigenvalue weighted by Crippen LogP contribution is -2.16. The molecular formula is C14H10BrClF2IN. The van der Waals surface area contributed by atoms with E-state index in [2.05, 4.69) is 38.5 Å². The molecule has 0 aromatic heterocycles. The number of halogens is 5. The third kappa shape index (κ3) is 3.50. The van der Waals surface area contributed by atoms with Gasteiger partial charge in [0.2, 0.25) is 0 Å². The van der Waals surface area contributed by atoms with Gasteiger partial charge in [-0.25, -0.2) is 8.78 Å². The van der Waals surface area contributed by atoms with Crippen LogP contribution in [0.5, 0.6) is 0 Å². The molecule has 1 unspecified atom stereocenters. The van der Waals surface area contributed by atoms with Crippen molar-refractivity contribution in [3.63, 3.8) is 0 Å². The molecule has 0 fully saturated rings. The highest BCUT2D eigenvalue weighted by atomic mass is 127. The van der Waals surface area contributed by atoms with Crippen molar-refractivity contribution in [3.05, 3.63) is 66.2 Å². The van der Waals surface area contributed by atoms with Crippen LogP contribution in [0.4, 0.5) is 8.78 Å². The van der Waals surface area contributed by atoms with Crippen LogP contribution in [0.1, 0.15) is 17.2 Å². The van der Waals surface area contributed by atoms with E-state index in [0.717, 1.165) is 9.13 Å². The summed E-state index contributed by atoms with van der Waals surface area (Å²) in [6, 6.07) is 7.33. The highest BCUT2D eigenvalue weighted by molar-refractivity contribution is 14.1. The number of benzene rings is 2. The standard InChI is InChI=1S/C14H10BrClF2IN/c15-10-2-3-11(17)8(14(10)18)6-13(20)9-5-7(16)1-4-12(9)19/h1-5,13H,6,20H2. The minimum atomic E-state index is -0.613. The van der Waals surface area contributed by atoms with E-state index in [1.54, 1.807) is 12.1 Å². The summed E-state index contributed by atoms with van der Waals surface area (Å²) in [4.78, 5) is 0. The fraction of sp³-hybridized carbons (Fsp3) is 0.143. The Labute approximate surface area is 142 Å². The zero-order valence-corrected chi connectivity index (χ0v) is 14.6. The highest BCUT2D eigenvalue weighted by Crippen LogP contribution is 2.28. The lowest BCUT2D eigenvalue weighted by atomic mass is 9.99. The van der Waals surface area contributed by atoms with Crippen molar-refractivity contribution in [3.8, 4) is 0 Å². The average molecular weight is 472 g/mol. The molecular weight excluding hydrogens is 462 g/mol. The molecule has 0 heterocycles. The summed E-state index contributed by atoms with van der Waals surface area (Å²) in [5.41, 5.74) is 6.82. The molecule has 0 saturated carbocycles. The number of hydrogen-bond donors (Lipinski definition) is 1. The fourth-order valence-electron chi connectivity index (χ4n) is 1.88. The van der Waals surface area contributed by atoms with Gasteiger partial charge in [-0.3, -0.25) is 0 Å². The molecule has 0 radical (unpaired) electrons. The van der Waals surface area contributed by atoms with E-state index in [9.17, 15) is 8.78 Å². The maximum Gasteiger partial charge on any atom is 0.143 e. The molecule has 106 valence electrons. The molecule has 0 aliphatic heterocycles. The monoisotopic (exact) mass is 471 g/mol. The van der Waals surface area contributed by atoms with Crippen molar-refractivity contribution in [2.75, 3.05) is 0 Å². The molecule has 1 nitrogen and oxygen atoms in total. The summed E-state index contributed by atoms with van der Waals surface area (Å²) in [7, 11) is 0. The Kier molecular flexibility index (Phi) is 5.39. The van der Waals surface area contributed by atoms with Crippen molar-refractivity contribution >= 4 is 50.1 Å². The smallest absolute Gasteiger partial charge is 0.143 e. The summed E-state index contributed by atoms with van der Waals surface area (Å²) in [6.07, 6.45) is 0.0629. The topological polar surface area (TPSA) is 26.0 Å². The Morgan fingerprint density at radius 1 is 1.25 bits per heavy atom. The zero-order valence-electron chi connectivity index (χ0n) is 10.1.